The van der Waals surface area contributed by atoms with Crippen LogP contribution in [0.15, 0.2) is 93.0 Å². The fourth-order valence-corrected chi connectivity index (χ4v) is 12.4. The zero-order valence-corrected chi connectivity index (χ0v) is 45.8. The van der Waals surface area contributed by atoms with Crippen molar-refractivity contribution < 1.29 is 54.3 Å². The van der Waals surface area contributed by atoms with Gasteiger partial charge in [0.2, 0.25) is 33.7 Å². The van der Waals surface area contributed by atoms with Crippen molar-refractivity contribution in [2.24, 2.45) is 16.5 Å². The molecular formula is C51H67F3N8O9S4. The number of hydrogen-bond acceptors (Lipinski definition) is 14. The van der Waals surface area contributed by atoms with Crippen LogP contribution in [0.2, 0.25) is 0 Å². The normalized spacial score (nSPS) is 18.8. The first kappa shape index (κ1) is 59.1. The molecule has 2 fully saturated rings. The van der Waals surface area contributed by atoms with Gasteiger partial charge in [0, 0.05) is 55.7 Å². The van der Waals surface area contributed by atoms with E-state index in [0.717, 1.165) is 38.7 Å². The van der Waals surface area contributed by atoms with Crippen LogP contribution in [0, 0.1) is 18.3 Å². The maximum absolute atomic E-state index is 14.1. The molecule has 3 heterocycles. The molecule has 24 heteroatoms. The minimum absolute atomic E-state index is 0.0503. The molecule has 0 aliphatic carbocycles. The number of halogens is 3. The number of benzene rings is 3. The summed E-state index contributed by atoms with van der Waals surface area (Å²) in [5.74, 6) is -1.36. The van der Waals surface area contributed by atoms with Crippen molar-refractivity contribution in [1.29, 1.82) is 0 Å². The monoisotopic (exact) mass is 1120 g/mol. The van der Waals surface area contributed by atoms with Crippen LogP contribution < -0.4 is 26.4 Å². The Kier molecular flexibility index (Phi) is 20.0. The lowest BCUT2D eigenvalue weighted by Gasteiger charge is -2.35. The second-order valence-electron chi connectivity index (χ2n) is 20.2. The SMILES string of the molecule is Cc1ncsc1-c1ccc([C@H](C)NC(=O)[C@@H]2C[C@@H](O)CN2C(=O)C(NC(=O)CCCCCNC(=O)C2CCN(CCC(CSc3ccccc3)Nc3ccc(S(N)(=O)=O)cc3S(=O)(=O)C(F)(F)F)C2)C(C)(C)C)cc1. The molecule has 410 valence electrons. The number of nitrogens with zero attached hydrogens (tertiary/aromatic N) is 3. The van der Waals surface area contributed by atoms with Crippen molar-refractivity contribution in [3.8, 4) is 10.4 Å². The molecule has 0 spiro atoms. The number of carbonyl (C=O) groups is 4. The average molecular weight is 1120 g/mol. The zero-order valence-electron chi connectivity index (χ0n) is 42.6. The lowest BCUT2D eigenvalue weighted by Crippen LogP contribution is -2.57. The van der Waals surface area contributed by atoms with Crippen molar-refractivity contribution in [3.63, 3.8) is 0 Å². The number of anilines is 1. The van der Waals surface area contributed by atoms with E-state index in [9.17, 15) is 54.3 Å². The second kappa shape index (κ2) is 25.4. The van der Waals surface area contributed by atoms with Crippen LogP contribution >= 0.6 is 23.1 Å². The van der Waals surface area contributed by atoms with Crippen LogP contribution in [0.3, 0.4) is 0 Å². The Morgan fingerprint density at radius 3 is 2.28 bits per heavy atom. The van der Waals surface area contributed by atoms with E-state index >= 15 is 0 Å². The number of carbonyl (C=O) groups excluding carboxylic acids is 4. The Balaban J connectivity index is 0.949. The molecule has 0 bridgehead atoms. The summed E-state index contributed by atoms with van der Waals surface area (Å²) in [4.78, 5) is 62.0. The number of sulfone groups is 1. The number of likely N-dealkylation sites (tertiary alicyclic amines) is 2. The van der Waals surface area contributed by atoms with Crippen LogP contribution in [0.25, 0.3) is 10.4 Å². The lowest BCUT2D eigenvalue weighted by atomic mass is 9.85. The first-order valence-electron chi connectivity index (χ1n) is 24.7. The summed E-state index contributed by atoms with van der Waals surface area (Å²) < 4.78 is 90.8. The average Bonchev–Trinajstić information content (AvgIpc) is 4.12. The molecule has 6 atom stereocenters. The number of aromatic nitrogens is 1. The number of sulfonamides is 1. The highest BCUT2D eigenvalue weighted by Gasteiger charge is 2.49. The van der Waals surface area contributed by atoms with E-state index in [1.165, 1.54) is 16.7 Å². The maximum Gasteiger partial charge on any atom is 0.501 e. The Morgan fingerprint density at radius 2 is 1.64 bits per heavy atom. The molecule has 4 amide bonds. The highest BCUT2D eigenvalue weighted by molar-refractivity contribution is 7.99. The predicted molar refractivity (Wildman–Crippen MR) is 283 cm³/mol. The van der Waals surface area contributed by atoms with Gasteiger partial charge in [-0.3, -0.25) is 19.2 Å². The van der Waals surface area contributed by atoms with Gasteiger partial charge in [-0.1, -0.05) is 69.7 Å². The molecule has 2 aliphatic heterocycles. The van der Waals surface area contributed by atoms with E-state index in [2.05, 4.69) is 26.3 Å². The summed E-state index contributed by atoms with van der Waals surface area (Å²) in [6.07, 6.45) is 1.84. The molecular weight excluding hydrogens is 1050 g/mol. The number of β-amino-alcohol motifs (C(OH)–C–C–N with tert-alkyl or cyclic N) is 1. The van der Waals surface area contributed by atoms with Crippen LogP contribution in [0.1, 0.15) is 89.9 Å². The summed E-state index contributed by atoms with van der Waals surface area (Å²) in [5, 5.41) is 27.6. The number of aryl methyl sites for hydroxylation is 1. The standard InChI is InChI=1S/C51H67F3N8O9S4/c1-32(34-15-17-35(18-16-34)45-33(2)57-31-73-45)58-48(66)42-26-38(63)29-62(42)49(67)46(50(3,4)5)60-44(64)14-10-7-11-23-56-47(65)36-21-24-61(28-36)25-22-37(30-72-39-12-8-6-9-13-39)59-41-20-19-40(75(55,70)71)27-43(41)74(68,69)51(52,53)54/h6,8-9,12-13,15-20,27,31-32,36-38,42,46,59,63H,7,10-11,14,21-26,28-30H2,1-5H3,(H,56,65)(H,58,66)(H,60,64)(H2,55,70,71)/t32-,36?,37?,38+,42-,46?/m0/s1. The van der Waals surface area contributed by atoms with E-state index in [1.54, 1.807) is 16.8 Å². The number of aliphatic hydroxyl groups is 1. The molecule has 4 aromatic rings. The van der Waals surface area contributed by atoms with Crippen molar-refractivity contribution in [2.75, 3.05) is 43.8 Å². The molecule has 3 aromatic carbocycles. The van der Waals surface area contributed by atoms with E-state index in [1.807, 2.05) is 94.1 Å². The van der Waals surface area contributed by atoms with Gasteiger partial charge in [0.1, 0.15) is 17.0 Å². The molecule has 0 radical (unpaired) electrons. The zero-order chi connectivity index (χ0) is 54.9. The van der Waals surface area contributed by atoms with Crippen LogP contribution in [0.4, 0.5) is 18.9 Å². The molecule has 3 unspecified atom stereocenters. The molecule has 6 rings (SSSR count). The smallest absolute Gasteiger partial charge is 0.391 e. The summed E-state index contributed by atoms with van der Waals surface area (Å²) in [7, 11) is -10.5. The van der Waals surface area contributed by atoms with E-state index < -0.39 is 82.3 Å². The Morgan fingerprint density at radius 1 is 0.933 bits per heavy atom. The van der Waals surface area contributed by atoms with Gasteiger partial charge < -0.3 is 36.2 Å². The number of rotatable bonds is 23. The van der Waals surface area contributed by atoms with Gasteiger partial charge in [0.25, 0.3) is 9.84 Å². The second-order valence-corrected chi connectivity index (χ2v) is 25.6. The number of aliphatic hydroxyl groups excluding tert-OH is 1. The number of unbranched alkanes of at least 4 members (excludes halogenated alkanes) is 2. The number of thioether (sulfide) groups is 1. The number of alkyl halides is 3. The van der Waals surface area contributed by atoms with Crippen molar-refractivity contribution in [1.82, 2.24) is 30.7 Å². The van der Waals surface area contributed by atoms with Gasteiger partial charge in [0.15, 0.2) is 0 Å². The van der Waals surface area contributed by atoms with Gasteiger partial charge in [-0.05, 0) is 92.9 Å². The Bertz CT molecular complexity index is 2850. The minimum Gasteiger partial charge on any atom is -0.391 e. The molecule has 0 saturated carbocycles. The molecule has 2 aliphatic rings. The largest absolute Gasteiger partial charge is 0.501 e. The third-order valence-electron chi connectivity index (χ3n) is 13.3. The summed E-state index contributed by atoms with van der Waals surface area (Å²) in [5.41, 5.74) is -2.25. The highest BCUT2D eigenvalue weighted by Crippen LogP contribution is 2.37. The van der Waals surface area contributed by atoms with Crippen molar-refractivity contribution >= 4 is 72.3 Å². The van der Waals surface area contributed by atoms with Crippen LogP contribution in [0.5, 0.6) is 0 Å². The molecule has 7 N–H and O–H groups in total. The minimum atomic E-state index is -5.99. The van der Waals surface area contributed by atoms with E-state index in [0.29, 0.717) is 70.1 Å². The van der Waals surface area contributed by atoms with Gasteiger partial charge >= 0.3 is 5.51 Å². The first-order valence-corrected chi connectivity index (χ1v) is 29.6. The summed E-state index contributed by atoms with van der Waals surface area (Å²) in [6, 6.07) is 16.5. The number of amides is 4. The topological polar surface area (TPSA) is 250 Å². The number of hydrogen-bond donors (Lipinski definition) is 6. The van der Waals surface area contributed by atoms with Crippen molar-refractivity contribution in [3.05, 3.63) is 89.6 Å². The number of nitrogens with two attached hydrogens (primary N) is 1. The first-order chi connectivity index (χ1) is 35.2. The van der Waals surface area contributed by atoms with Gasteiger partial charge in [-0.2, -0.15) is 13.2 Å². The quantitative estimate of drug-likeness (QED) is 0.0349. The maximum atomic E-state index is 14.1. The van der Waals surface area contributed by atoms with Crippen molar-refractivity contribution in [2.45, 2.75) is 130 Å². The number of primary sulfonamides is 1. The van der Waals surface area contributed by atoms with Gasteiger partial charge in [-0.25, -0.2) is 27.0 Å². The molecule has 17 nitrogen and oxygen atoms in total. The van der Waals surface area contributed by atoms with Gasteiger partial charge in [0.05, 0.1) is 44.7 Å². The third kappa shape index (κ3) is 16.0. The predicted octanol–water partition coefficient (Wildman–Crippen LogP) is 6.39. The van der Waals surface area contributed by atoms with E-state index in [4.69, 9.17) is 5.14 Å². The van der Waals surface area contributed by atoms with Crippen LogP contribution in [-0.4, -0.2) is 129 Å². The molecule has 2 saturated heterocycles. The van der Waals surface area contributed by atoms with Gasteiger partial charge in [-0.15, -0.1) is 23.1 Å². The Labute approximate surface area is 445 Å². The highest BCUT2D eigenvalue weighted by atomic mass is 32.2. The molecule has 1 aromatic heterocycles. The fourth-order valence-electron chi connectivity index (χ4n) is 9.06. The summed E-state index contributed by atoms with van der Waals surface area (Å²) >= 11 is 2.95. The Hall–Kier alpha value is -5.11. The number of thiazole rings is 1. The lowest BCUT2D eigenvalue weighted by molar-refractivity contribution is -0.144. The fraction of sp³-hybridized carbons (Fsp3) is 0.510. The number of nitrogens with one attached hydrogen (secondary N) is 4. The van der Waals surface area contributed by atoms with E-state index in [-0.39, 0.29) is 43.2 Å². The summed E-state index contributed by atoms with van der Waals surface area (Å²) in [6.45, 7) is 11.0. The molecule has 75 heavy (non-hydrogen) atoms. The third-order valence-corrected chi connectivity index (χ3v) is 17.9. The van der Waals surface area contributed by atoms with Crippen LogP contribution in [-0.2, 0) is 39.0 Å².